The van der Waals surface area contributed by atoms with E-state index in [1.54, 1.807) is 0 Å². The van der Waals surface area contributed by atoms with Crippen molar-refractivity contribution in [2.45, 2.75) is 0 Å². The molecule has 0 aromatic rings. The first-order chi connectivity index (χ1) is 7.00. The van der Waals surface area contributed by atoms with Crippen molar-refractivity contribution in [1.29, 1.82) is 0 Å². The molecule has 0 aliphatic rings. The molecule has 0 N–H and O–H groups in total. The summed E-state index contributed by atoms with van der Waals surface area (Å²) in [6.45, 7) is 0. The van der Waals surface area contributed by atoms with E-state index in [0.717, 1.165) is 0 Å². The molecular formula is Cl12GeSi4. The Balaban J connectivity index is 6.37. The predicted molar refractivity (Wildman–Crippen MR) is 99.0 cm³/mol. The van der Waals surface area contributed by atoms with Gasteiger partial charge >= 0.3 is 161 Å². The molecule has 0 aliphatic heterocycles. The zero-order valence-corrected chi connectivity index (χ0v) is 22.2. The predicted octanol–water partition coefficient (Wildman–Crippen LogP) is 6.37. The van der Waals surface area contributed by atoms with E-state index < -0.39 is 31.5 Å². The third-order valence-corrected chi connectivity index (χ3v) is 188. The Hall–Kier alpha value is 4.89. The van der Waals surface area contributed by atoms with Crippen molar-refractivity contribution in [2.24, 2.45) is 0 Å². The van der Waals surface area contributed by atoms with Crippen LogP contribution in [0.2, 0.25) is 0 Å². The Kier molecular flexibility index (Phi) is 8.74. The van der Waals surface area contributed by atoms with Crippen molar-refractivity contribution < 1.29 is 0 Å². The molecule has 17 heavy (non-hydrogen) atoms. The monoisotopic (exact) mass is 605 g/mol. The van der Waals surface area contributed by atoms with Crippen LogP contribution < -0.4 is 0 Å². The number of hydrogen-bond donors (Lipinski definition) is 0. The Morgan fingerprint density at radius 1 is 0.471 bits per heavy atom. The molecule has 0 aromatic carbocycles. The molecule has 0 rings (SSSR count). The van der Waals surface area contributed by atoms with Crippen molar-refractivity contribution in [3.8, 4) is 0 Å². The van der Waals surface area contributed by atoms with Gasteiger partial charge in [-0.25, -0.2) is 0 Å². The first-order valence-electron chi connectivity index (χ1n) is 3.27. The van der Waals surface area contributed by atoms with Crippen molar-refractivity contribution in [3.05, 3.63) is 0 Å². The fourth-order valence-electron chi connectivity index (χ4n) is 0.964. The number of halogens is 12. The Morgan fingerprint density at radius 3 is 0.647 bits per heavy atom. The molecule has 0 bridgehead atoms. The number of hydrogen-bond acceptors (Lipinski definition) is 0. The van der Waals surface area contributed by atoms with Crippen LogP contribution in [0.25, 0.3) is 0 Å². The molecule has 0 unspecified atom stereocenters. The Bertz CT molecular complexity index is 211. The Morgan fingerprint density at radius 2 is 0.647 bits per heavy atom. The van der Waals surface area contributed by atoms with Gasteiger partial charge < -0.3 is 0 Å². The van der Waals surface area contributed by atoms with Gasteiger partial charge in [-0.05, 0) is 0 Å². The summed E-state index contributed by atoms with van der Waals surface area (Å²) in [6.07, 6.45) is 0. The fraction of sp³-hybridized carbons (Fsp3) is 0. The normalized spacial score (nSPS) is 16.2. The number of rotatable bonds is 4. The first kappa shape index (κ1) is 21.9. The van der Waals surface area contributed by atoms with Gasteiger partial charge in [-0.1, -0.05) is 0 Å². The van der Waals surface area contributed by atoms with Crippen LogP contribution in [-0.2, 0) is 0 Å². The van der Waals surface area contributed by atoms with Gasteiger partial charge in [0.05, 0.1) is 0 Å². The third kappa shape index (κ3) is 4.46. The van der Waals surface area contributed by atoms with E-state index >= 15 is 0 Å². The van der Waals surface area contributed by atoms with E-state index in [2.05, 4.69) is 0 Å². The second-order valence-corrected chi connectivity index (χ2v) is 91.3. The Labute approximate surface area is 158 Å². The van der Waals surface area contributed by atoms with E-state index in [1.807, 2.05) is 0 Å². The molecule has 0 heterocycles. The maximum atomic E-state index is 6.03. The standard InChI is InChI=1S/Cl12GeSi4/c1-13(2,3)17(14(4,5)6,15(7,8)9)16(10,11)12. The van der Waals surface area contributed by atoms with Gasteiger partial charge in [0.1, 0.15) is 0 Å². The molecule has 0 saturated heterocycles. The van der Waals surface area contributed by atoms with Crippen LogP contribution in [0, 0.1) is 0 Å². The van der Waals surface area contributed by atoms with Crippen LogP contribution in [0.5, 0.6) is 0 Å². The average Bonchev–Trinajstić information content (AvgIpc) is 1.67. The van der Waals surface area contributed by atoms with E-state index in [0.29, 0.717) is 0 Å². The van der Waals surface area contributed by atoms with Crippen molar-refractivity contribution in [3.63, 3.8) is 0 Å². The summed E-state index contributed by atoms with van der Waals surface area (Å²) >= 11 is 54.0. The molecule has 0 aromatic heterocycles. The third-order valence-electron chi connectivity index (χ3n) is 1.70. The van der Waals surface area contributed by atoms with Crippen LogP contribution in [-0.4, -0.2) is 31.5 Å². The van der Waals surface area contributed by atoms with Gasteiger partial charge in [-0.2, -0.15) is 0 Å². The van der Waals surface area contributed by atoms with E-state index in [-0.39, 0.29) is 0 Å². The van der Waals surface area contributed by atoms with Crippen molar-refractivity contribution in [1.82, 2.24) is 0 Å². The van der Waals surface area contributed by atoms with E-state index in [4.69, 9.17) is 130 Å². The van der Waals surface area contributed by atoms with Crippen LogP contribution >= 0.6 is 130 Å². The van der Waals surface area contributed by atoms with Gasteiger partial charge in [0.2, 0.25) is 0 Å². The van der Waals surface area contributed by atoms with Gasteiger partial charge in [-0.3, -0.25) is 0 Å². The minimum atomic E-state index is -4.35. The van der Waals surface area contributed by atoms with Gasteiger partial charge in [-0.15, -0.1) is 0 Å². The zero-order valence-electron chi connectivity index (χ0n) is 7.04. The summed E-state index contributed by atoms with van der Waals surface area (Å²) in [5.41, 5.74) is -11.3. The molecule has 0 saturated carbocycles. The average molecular weight is 610 g/mol. The molecule has 0 nitrogen and oxygen atoms in total. The molecule has 0 atom stereocenters. The van der Waals surface area contributed by atoms with Gasteiger partial charge in [0.25, 0.3) is 0 Å². The summed E-state index contributed by atoms with van der Waals surface area (Å²) in [5.74, 6) is 0. The van der Waals surface area contributed by atoms with E-state index in [1.165, 1.54) is 0 Å². The molecule has 0 fully saturated rings. The fourth-order valence-corrected chi connectivity index (χ4v) is 320. The van der Waals surface area contributed by atoms with Crippen LogP contribution in [0.4, 0.5) is 0 Å². The molecule has 0 amide bonds. The summed E-state index contributed by atoms with van der Waals surface area (Å²) in [6, 6.07) is 0. The summed E-state index contributed by atoms with van der Waals surface area (Å²) < 4.78 is 0. The second kappa shape index (κ2) is 6.79. The molecule has 0 aliphatic carbocycles. The molecular weight excluding hydrogens is 610 g/mol. The van der Waals surface area contributed by atoms with E-state index in [9.17, 15) is 0 Å². The SMILES string of the molecule is Cl[Si](Cl)(Cl)[Si]([Si](Cl)(Cl)Cl)([Si](Cl)(Cl)Cl)[Ge]([Cl])([Cl])[Cl]. The maximum absolute atomic E-state index is 6.03. The quantitative estimate of drug-likeness (QED) is 0.257. The topological polar surface area (TPSA) is 0 Å². The van der Waals surface area contributed by atoms with Crippen molar-refractivity contribution >= 4 is 161 Å². The molecule has 17 heteroatoms. The molecule has 104 valence electrons. The second-order valence-electron chi connectivity index (χ2n) is 2.74. The van der Waals surface area contributed by atoms with Crippen LogP contribution in [0.1, 0.15) is 0 Å². The van der Waals surface area contributed by atoms with Gasteiger partial charge in [0.15, 0.2) is 0 Å². The summed E-state index contributed by atoms with van der Waals surface area (Å²) in [4.78, 5) is 0. The molecule has 0 spiro atoms. The van der Waals surface area contributed by atoms with Crippen molar-refractivity contribution in [2.75, 3.05) is 0 Å². The van der Waals surface area contributed by atoms with Crippen LogP contribution in [0.15, 0.2) is 0 Å². The first-order valence-corrected chi connectivity index (χ1v) is 34.8. The van der Waals surface area contributed by atoms with Crippen LogP contribution in [0.3, 0.4) is 0 Å². The minimum absolute atomic E-state index is 3.77. The summed E-state index contributed by atoms with van der Waals surface area (Å²) in [7, 11) is 13.7. The molecule has 0 radical (unpaired) electrons. The zero-order chi connectivity index (χ0) is 14.5. The summed E-state index contributed by atoms with van der Waals surface area (Å²) in [5, 5.41) is -3.81. The van der Waals surface area contributed by atoms with Gasteiger partial charge in [0, 0.05) is 0 Å².